The first-order chi connectivity index (χ1) is 10.6. The van der Waals surface area contributed by atoms with Gasteiger partial charge in [-0.3, -0.25) is 4.79 Å². The van der Waals surface area contributed by atoms with Gasteiger partial charge in [-0.15, -0.1) is 12.4 Å². The first-order valence-electron chi connectivity index (χ1n) is 7.13. The van der Waals surface area contributed by atoms with Gasteiger partial charge in [-0.2, -0.15) is 0 Å². The van der Waals surface area contributed by atoms with Gasteiger partial charge >= 0.3 is 0 Å². The van der Waals surface area contributed by atoms with Crippen LogP contribution in [-0.4, -0.2) is 29.1 Å². The zero-order valence-electron chi connectivity index (χ0n) is 13.0. The maximum Gasteiger partial charge on any atom is 0.255 e. The van der Waals surface area contributed by atoms with Gasteiger partial charge in [0, 0.05) is 23.7 Å². The van der Waals surface area contributed by atoms with Crippen LogP contribution in [-0.2, 0) is 6.54 Å². The number of phenolic OH excluding ortho intramolecular Hbond substituents is 1. The topological polar surface area (TPSA) is 56.3 Å². The molecule has 0 saturated heterocycles. The van der Waals surface area contributed by atoms with Crippen molar-refractivity contribution in [3.63, 3.8) is 0 Å². The van der Waals surface area contributed by atoms with Crippen molar-refractivity contribution < 1.29 is 5.11 Å². The summed E-state index contributed by atoms with van der Waals surface area (Å²) in [5, 5.41) is 11.2. The lowest BCUT2D eigenvalue weighted by Gasteiger charge is -2.11. The van der Waals surface area contributed by atoms with Crippen molar-refractivity contribution in [2.45, 2.75) is 6.54 Å². The molecule has 0 atom stereocenters. The summed E-state index contributed by atoms with van der Waals surface area (Å²) in [5.74, 6) is 0.121. The fraction of sp³-hybridized carbons (Fsp3) is 0.167. The molecule has 4 nitrogen and oxygen atoms in total. The highest BCUT2D eigenvalue weighted by Gasteiger charge is 2.10. The molecule has 0 aliphatic rings. The van der Waals surface area contributed by atoms with E-state index in [4.69, 9.17) is 0 Å². The van der Waals surface area contributed by atoms with E-state index < -0.39 is 0 Å². The minimum absolute atomic E-state index is 0. The molecule has 2 aromatic carbocycles. The standard InChI is InChI=1S/C18H18N2O2.ClH/c1-20(2)11-12-6-8-13(9-7-12)15-10-19-18(22)14-4-3-5-16(21)17(14)15;/h3-10,21H,11H2,1-2H3,(H,19,22);1H. The van der Waals surface area contributed by atoms with E-state index in [0.29, 0.717) is 10.8 Å². The van der Waals surface area contributed by atoms with Crippen molar-refractivity contribution in [1.82, 2.24) is 9.88 Å². The lowest BCUT2D eigenvalue weighted by atomic mass is 9.99. The van der Waals surface area contributed by atoms with Gasteiger partial charge in [0.05, 0.1) is 5.39 Å². The first kappa shape index (κ1) is 17.1. The number of aromatic nitrogens is 1. The molecule has 0 spiro atoms. The molecule has 3 aromatic rings. The maximum absolute atomic E-state index is 11.9. The quantitative estimate of drug-likeness (QED) is 0.774. The van der Waals surface area contributed by atoms with Gasteiger partial charge in [0.15, 0.2) is 0 Å². The summed E-state index contributed by atoms with van der Waals surface area (Å²) in [6.45, 7) is 0.873. The van der Waals surface area contributed by atoms with Gasteiger partial charge in [-0.1, -0.05) is 30.3 Å². The summed E-state index contributed by atoms with van der Waals surface area (Å²) in [7, 11) is 4.06. The smallest absolute Gasteiger partial charge is 0.255 e. The van der Waals surface area contributed by atoms with E-state index >= 15 is 0 Å². The summed E-state index contributed by atoms with van der Waals surface area (Å²) < 4.78 is 0. The number of fused-ring (bicyclic) bond motifs is 1. The first-order valence-corrected chi connectivity index (χ1v) is 7.13. The lowest BCUT2D eigenvalue weighted by molar-refractivity contribution is 0.402. The number of benzene rings is 2. The normalized spacial score (nSPS) is 10.7. The van der Waals surface area contributed by atoms with Crippen molar-refractivity contribution >= 4 is 23.2 Å². The van der Waals surface area contributed by atoms with Gasteiger partial charge in [-0.25, -0.2) is 0 Å². The zero-order valence-corrected chi connectivity index (χ0v) is 13.9. The van der Waals surface area contributed by atoms with Crippen molar-refractivity contribution in [2.75, 3.05) is 14.1 Å². The molecule has 0 saturated carbocycles. The molecule has 120 valence electrons. The molecule has 0 aliphatic heterocycles. The number of pyridine rings is 1. The Labute approximate surface area is 140 Å². The van der Waals surface area contributed by atoms with Gasteiger partial charge in [0.2, 0.25) is 0 Å². The molecular formula is C18H19ClN2O2. The fourth-order valence-electron chi connectivity index (χ4n) is 2.68. The van der Waals surface area contributed by atoms with Crippen LogP contribution in [0.5, 0.6) is 5.75 Å². The number of aromatic amines is 1. The Kier molecular flexibility index (Phi) is 5.08. The lowest BCUT2D eigenvalue weighted by Crippen LogP contribution is -2.10. The Morgan fingerprint density at radius 3 is 2.43 bits per heavy atom. The number of nitrogens with one attached hydrogen (secondary N) is 1. The Morgan fingerprint density at radius 1 is 1.09 bits per heavy atom. The number of phenols is 1. The summed E-state index contributed by atoms with van der Waals surface area (Å²) in [6, 6.07) is 13.1. The third kappa shape index (κ3) is 3.38. The van der Waals surface area contributed by atoms with E-state index in [1.54, 1.807) is 24.4 Å². The molecule has 0 aliphatic carbocycles. The minimum Gasteiger partial charge on any atom is -0.507 e. The van der Waals surface area contributed by atoms with Crippen molar-refractivity contribution in [2.24, 2.45) is 0 Å². The SMILES string of the molecule is CN(C)Cc1ccc(-c2c[nH]c(=O)c3cccc(O)c23)cc1.Cl. The van der Waals surface area contributed by atoms with Gasteiger partial charge in [0.1, 0.15) is 5.75 Å². The number of hydrogen-bond acceptors (Lipinski definition) is 3. The van der Waals surface area contributed by atoms with Crippen LogP contribution in [0.3, 0.4) is 0 Å². The molecule has 0 unspecified atom stereocenters. The number of aromatic hydroxyl groups is 1. The van der Waals surface area contributed by atoms with E-state index in [1.807, 2.05) is 26.2 Å². The number of rotatable bonds is 3. The van der Waals surface area contributed by atoms with Crippen LogP contribution in [0.1, 0.15) is 5.56 Å². The summed E-state index contributed by atoms with van der Waals surface area (Å²) in [4.78, 5) is 16.8. The van der Waals surface area contributed by atoms with Crippen LogP contribution in [0.2, 0.25) is 0 Å². The van der Waals surface area contributed by atoms with E-state index in [1.165, 1.54) is 5.56 Å². The third-order valence-corrected chi connectivity index (χ3v) is 3.67. The monoisotopic (exact) mass is 330 g/mol. The molecule has 1 aromatic heterocycles. The highest BCUT2D eigenvalue weighted by molar-refractivity contribution is 5.99. The predicted octanol–water partition coefficient (Wildman–Crippen LogP) is 3.38. The fourth-order valence-corrected chi connectivity index (χ4v) is 2.68. The molecule has 0 radical (unpaired) electrons. The summed E-state index contributed by atoms with van der Waals surface area (Å²) in [6.07, 6.45) is 1.66. The van der Waals surface area contributed by atoms with E-state index in [0.717, 1.165) is 17.7 Å². The van der Waals surface area contributed by atoms with Crippen molar-refractivity contribution in [3.05, 3.63) is 64.6 Å². The molecule has 0 amide bonds. The van der Waals surface area contributed by atoms with Crippen LogP contribution >= 0.6 is 12.4 Å². The van der Waals surface area contributed by atoms with Crippen LogP contribution in [0.4, 0.5) is 0 Å². The highest BCUT2D eigenvalue weighted by atomic mass is 35.5. The summed E-state index contributed by atoms with van der Waals surface area (Å²) in [5.41, 5.74) is 2.81. The van der Waals surface area contributed by atoms with E-state index in [9.17, 15) is 9.90 Å². The molecular weight excluding hydrogens is 312 g/mol. The van der Waals surface area contributed by atoms with Gasteiger partial charge < -0.3 is 15.0 Å². The number of nitrogens with zero attached hydrogens (tertiary/aromatic N) is 1. The maximum atomic E-state index is 11.9. The van der Waals surface area contributed by atoms with Crippen LogP contribution in [0, 0.1) is 0 Å². The van der Waals surface area contributed by atoms with Gasteiger partial charge in [0.25, 0.3) is 5.56 Å². The van der Waals surface area contributed by atoms with E-state index in [-0.39, 0.29) is 23.7 Å². The minimum atomic E-state index is -0.195. The molecule has 3 rings (SSSR count). The summed E-state index contributed by atoms with van der Waals surface area (Å²) >= 11 is 0. The Balaban J connectivity index is 0.00000192. The van der Waals surface area contributed by atoms with Crippen LogP contribution in [0.15, 0.2) is 53.5 Å². The van der Waals surface area contributed by atoms with Crippen molar-refractivity contribution in [1.29, 1.82) is 0 Å². The molecule has 5 heteroatoms. The number of H-pyrrole nitrogens is 1. The second kappa shape index (κ2) is 6.86. The highest BCUT2D eigenvalue weighted by Crippen LogP contribution is 2.32. The molecule has 1 heterocycles. The zero-order chi connectivity index (χ0) is 15.7. The Bertz CT molecular complexity index is 870. The third-order valence-electron chi connectivity index (χ3n) is 3.67. The molecule has 0 bridgehead atoms. The molecule has 23 heavy (non-hydrogen) atoms. The van der Waals surface area contributed by atoms with Crippen LogP contribution in [0.25, 0.3) is 21.9 Å². The largest absolute Gasteiger partial charge is 0.507 e. The Morgan fingerprint density at radius 2 is 1.78 bits per heavy atom. The second-order valence-corrected chi connectivity index (χ2v) is 5.67. The van der Waals surface area contributed by atoms with Crippen LogP contribution < -0.4 is 5.56 Å². The van der Waals surface area contributed by atoms with E-state index in [2.05, 4.69) is 22.0 Å². The molecule has 2 N–H and O–H groups in total. The van der Waals surface area contributed by atoms with Crippen molar-refractivity contribution in [3.8, 4) is 16.9 Å². The Hall–Kier alpha value is -2.30. The second-order valence-electron chi connectivity index (χ2n) is 5.67. The number of halogens is 1. The number of hydrogen-bond donors (Lipinski definition) is 2. The van der Waals surface area contributed by atoms with Gasteiger partial charge in [-0.05, 0) is 37.4 Å². The average Bonchev–Trinajstić information content (AvgIpc) is 2.49. The molecule has 0 fully saturated rings. The predicted molar refractivity (Wildman–Crippen MR) is 96.3 cm³/mol. The average molecular weight is 331 g/mol.